The number of rotatable bonds is 4. The van der Waals surface area contributed by atoms with Crippen LogP contribution in [0.4, 0.5) is 10.1 Å². The first-order chi connectivity index (χ1) is 9.09. The van der Waals surface area contributed by atoms with Crippen molar-refractivity contribution in [2.75, 3.05) is 12.3 Å². The lowest BCUT2D eigenvalue weighted by Gasteiger charge is -2.15. The molecular formula is C14H13ClFNO2. The van der Waals surface area contributed by atoms with E-state index in [-0.39, 0.29) is 17.4 Å². The van der Waals surface area contributed by atoms with Crippen LogP contribution in [0.25, 0.3) is 0 Å². The van der Waals surface area contributed by atoms with Crippen molar-refractivity contribution in [3.8, 4) is 5.75 Å². The first-order valence-electron chi connectivity index (χ1n) is 5.69. The number of nitrogen functional groups attached to an aromatic ring is 1. The quantitative estimate of drug-likeness (QED) is 0.846. The second-order valence-corrected chi connectivity index (χ2v) is 4.41. The smallest absolute Gasteiger partial charge is 0.183 e. The van der Waals surface area contributed by atoms with Crippen LogP contribution >= 0.6 is 11.6 Å². The zero-order chi connectivity index (χ0) is 13.8. The topological polar surface area (TPSA) is 55.5 Å². The summed E-state index contributed by atoms with van der Waals surface area (Å²) in [7, 11) is 0. The van der Waals surface area contributed by atoms with Crippen molar-refractivity contribution in [1.29, 1.82) is 0 Å². The van der Waals surface area contributed by atoms with Gasteiger partial charge in [0.25, 0.3) is 0 Å². The molecule has 0 spiro atoms. The molecule has 0 aliphatic carbocycles. The van der Waals surface area contributed by atoms with E-state index in [1.807, 2.05) is 0 Å². The van der Waals surface area contributed by atoms with E-state index in [2.05, 4.69) is 0 Å². The summed E-state index contributed by atoms with van der Waals surface area (Å²) < 4.78 is 18.8. The Morgan fingerprint density at radius 1 is 1.21 bits per heavy atom. The highest BCUT2D eigenvalue weighted by Gasteiger charge is 2.13. The van der Waals surface area contributed by atoms with E-state index in [9.17, 15) is 9.50 Å². The minimum atomic E-state index is -0.931. The molecule has 19 heavy (non-hydrogen) atoms. The molecule has 3 nitrogen and oxygen atoms in total. The fourth-order valence-corrected chi connectivity index (χ4v) is 1.83. The molecule has 0 saturated carbocycles. The lowest BCUT2D eigenvalue weighted by molar-refractivity contribution is 0.106. The monoisotopic (exact) mass is 281 g/mol. The van der Waals surface area contributed by atoms with Gasteiger partial charge in [0.15, 0.2) is 11.6 Å². The largest absolute Gasteiger partial charge is 0.487 e. The fourth-order valence-electron chi connectivity index (χ4n) is 1.67. The van der Waals surface area contributed by atoms with Crippen molar-refractivity contribution < 1.29 is 14.2 Å². The van der Waals surface area contributed by atoms with E-state index in [1.54, 1.807) is 30.3 Å². The molecule has 5 heteroatoms. The Morgan fingerprint density at radius 2 is 1.95 bits per heavy atom. The average Bonchev–Trinajstić information content (AvgIpc) is 2.40. The van der Waals surface area contributed by atoms with Gasteiger partial charge in [-0.15, -0.1) is 0 Å². The van der Waals surface area contributed by atoms with Gasteiger partial charge in [0.2, 0.25) is 0 Å². The van der Waals surface area contributed by atoms with Gasteiger partial charge in [-0.1, -0.05) is 35.9 Å². The second kappa shape index (κ2) is 5.91. The van der Waals surface area contributed by atoms with Crippen LogP contribution in [0.2, 0.25) is 5.02 Å². The summed E-state index contributed by atoms with van der Waals surface area (Å²) in [6.45, 7) is -0.106. The Bertz CT molecular complexity index is 577. The number of hydrogen-bond acceptors (Lipinski definition) is 3. The van der Waals surface area contributed by atoms with Crippen LogP contribution in [0.1, 0.15) is 11.7 Å². The van der Waals surface area contributed by atoms with Crippen molar-refractivity contribution in [1.82, 2.24) is 0 Å². The molecule has 1 unspecified atom stereocenters. The number of aliphatic hydroxyl groups excluding tert-OH is 1. The van der Waals surface area contributed by atoms with Gasteiger partial charge >= 0.3 is 0 Å². The van der Waals surface area contributed by atoms with Crippen LogP contribution < -0.4 is 10.5 Å². The molecule has 0 saturated heterocycles. The van der Waals surface area contributed by atoms with Crippen LogP contribution in [-0.2, 0) is 0 Å². The van der Waals surface area contributed by atoms with Gasteiger partial charge in [-0.05, 0) is 18.2 Å². The zero-order valence-electron chi connectivity index (χ0n) is 10.0. The Morgan fingerprint density at radius 3 is 2.68 bits per heavy atom. The van der Waals surface area contributed by atoms with E-state index < -0.39 is 11.9 Å². The molecule has 2 rings (SSSR count). The number of halogens is 2. The third-order valence-corrected chi connectivity index (χ3v) is 2.96. The maximum absolute atomic E-state index is 13.6. The minimum absolute atomic E-state index is 0.000975. The number of benzene rings is 2. The molecule has 0 bridgehead atoms. The third-order valence-electron chi connectivity index (χ3n) is 2.67. The molecule has 1 atom stereocenters. The molecule has 100 valence electrons. The number of nitrogens with two attached hydrogens (primary N) is 1. The van der Waals surface area contributed by atoms with E-state index in [0.717, 1.165) is 0 Å². The summed E-state index contributed by atoms with van der Waals surface area (Å²) in [4.78, 5) is 0. The van der Waals surface area contributed by atoms with Crippen LogP contribution in [0.15, 0.2) is 42.5 Å². The Hall–Kier alpha value is -1.78. The first-order valence-corrected chi connectivity index (χ1v) is 6.06. The van der Waals surface area contributed by atoms with Crippen LogP contribution in [0.3, 0.4) is 0 Å². The van der Waals surface area contributed by atoms with Crippen molar-refractivity contribution >= 4 is 17.3 Å². The first kappa shape index (κ1) is 13.6. The maximum Gasteiger partial charge on any atom is 0.183 e. The molecule has 3 N–H and O–H groups in total. The standard InChI is InChI=1S/C14H13ClFNO2/c15-10-5-3-7-13(14(10)16)19-8-12(18)9-4-1-2-6-11(9)17/h1-7,12,18H,8,17H2. The predicted octanol–water partition coefficient (Wildman–Crippen LogP) is 3.17. The van der Waals surface area contributed by atoms with Crippen LogP contribution in [-0.4, -0.2) is 11.7 Å². The number of hydrogen-bond donors (Lipinski definition) is 2. The average molecular weight is 282 g/mol. The molecule has 0 amide bonds. The Kier molecular flexibility index (Phi) is 4.24. The van der Waals surface area contributed by atoms with E-state index >= 15 is 0 Å². The van der Waals surface area contributed by atoms with Gasteiger partial charge in [0.1, 0.15) is 12.7 Å². The van der Waals surface area contributed by atoms with Crippen molar-refractivity contribution in [3.63, 3.8) is 0 Å². The highest BCUT2D eigenvalue weighted by atomic mass is 35.5. The van der Waals surface area contributed by atoms with Crippen molar-refractivity contribution in [2.45, 2.75) is 6.10 Å². The maximum atomic E-state index is 13.6. The SMILES string of the molecule is Nc1ccccc1C(O)COc1cccc(Cl)c1F. The van der Waals surface area contributed by atoms with Gasteiger partial charge in [-0.25, -0.2) is 4.39 Å². The summed E-state index contributed by atoms with van der Waals surface area (Å²) in [5.74, 6) is -0.640. The number of ether oxygens (including phenoxy) is 1. The van der Waals surface area contributed by atoms with Crippen LogP contribution in [0.5, 0.6) is 5.75 Å². The van der Waals surface area contributed by atoms with E-state index in [4.69, 9.17) is 22.1 Å². The number of anilines is 1. The number of aliphatic hydroxyl groups is 1. The van der Waals surface area contributed by atoms with Crippen LogP contribution in [0, 0.1) is 5.82 Å². The summed E-state index contributed by atoms with van der Waals surface area (Å²) in [6.07, 6.45) is -0.931. The molecule has 0 fully saturated rings. The second-order valence-electron chi connectivity index (χ2n) is 4.01. The van der Waals surface area contributed by atoms with Gasteiger partial charge in [0, 0.05) is 11.3 Å². The molecular weight excluding hydrogens is 269 g/mol. The fraction of sp³-hybridized carbons (Fsp3) is 0.143. The highest BCUT2D eigenvalue weighted by molar-refractivity contribution is 6.30. The Balaban J connectivity index is 2.07. The van der Waals surface area contributed by atoms with Gasteiger partial charge in [0.05, 0.1) is 5.02 Å². The zero-order valence-corrected chi connectivity index (χ0v) is 10.8. The summed E-state index contributed by atoms with van der Waals surface area (Å²) in [5, 5.41) is 9.94. The molecule has 0 aliphatic rings. The van der Waals surface area contributed by atoms with E-state index in [1.165, 1.54) is 12.1 Å². The third kappa shape index (κ3) is 3.16. The summed E-state index contributed by atoms with van der Waals surface area (Å²) in [6, 6.07) is 11.3. The molecule has 0 heterocycles. The van der Waals surface area contributed by atoms with Gasteiger partial charge in [-0.3, -0.25) is 0 Å². The lowest BCUT2D eigenvalue weighted by atomic mass is 10.1. The minimum Gasteiger partial charge on any atom is -0.487 e. The Labute approximate surface area is 115 Å². The van der Waals surface area contributed by atoms with Crippen molar-refractivity contribution in [3.05, 3.63) is 58.9 Å². The molecule has 0 aromatic heterocycles. The summed E-state index contributed by atoms with van der Waals surface area (Å²) in [5.41, 5.74) is 6.74. The highest BCUT2D eigenvalue weighted by Crippen LogP contribution is 2.26. The van der Waals surface area contributed by atoms with E-state index in [0.29, 0.717) is 11.3 Å². The van der Waals surface area contributed by atoms with Crippen molar-refractivity contribution in [2.24, 2.45) is 0 Å². The predicted molar refractivity (Wildman–Crippen MR) is 72.7 cm³/mol. The number of para-hydroxylation sites is 1. The lowest BCUT2D eigenvalue weighted by Crippen LogP contribution is -2.12. The molecule has 2 aromatic rings. The molecule has 0 radical (unpaired) electrons. The normalized spacial score (nSPS) is 12.2. The molecule has 0 aliphatic heterocycles. The summed E-state index contributed by atoms with van der Waals surface area (Å²) >= 11 is 5.63. The van der Waals surface area contributed by atoms with Gasteiger partial charge < -0.3 is 15.6 Å². The molecule has 2 aromatic carbocycles. The van der Waals surface area contributed by atoms with Gasteiger partial charge in [-0.2, -0.15) is 0 Å².